The van der Waals surface area contributed by atoms with E-state index in [1.54, 1.807) is 22.9 Å². The van der Waals surface area contributed by atoms with Crippen molar-refractivity contribution >= 4 is 33.1 Å². The van der Waals surface area contributed by atoms with Gasteiger partial charge in [0.05, 0.1) is 10.9 Å². The quantitative estimate of drug-likeness (QED) is 0.366. The molecule has 8 nitrogen and oxygen atoms in total. The monoisotopic (exact) mass is 391 g/mol. The molecule has 0 amide bonds. The number of phenolic OH excluding ortho intramolecular Hbond substituents is 2. The van der Waals surface area contributed by atoms with Crippen LogP contribution in [0.4, 0.5) is 0 Å². The van der Waals surface area contributed by atoms with Crippen molar-refractivity contribution in [2.75, 3.05) is 0 Å². The van der Waals surface area contributed by atoms with Crippen LogP contribution in [0.25, 0.3) is 44.2 Å². The van der Waals surface area contributed by atoms with Crippen LogP contribution in [0.1, 0.15) is 19.9 Å². The molecule has 4 N–H and O–H groups in total. The molecule has 0 aliphatic heterocycles. The Morgan fingerprint density at radius 3 is 2.59 bits per heavy atom. The van der Waals surface area contributed by atoms with Gasteiger partial charge in [-0.2, -0.15) is 0 Å². The second-order valence-corrected chi connectivity index (χ2v) is 7.27. The maximum absolute atomic E-state index is 12.9. The van der Waals surface area contributed by atoms with Crippen LogP contribution in [0, 0.1) is 0 Å². The number of benzene rings is 2. The summed E-state index contributed by atoms with van der Waals surface area (Å²) in [5.74, 6) is -0.448. The summed E-state index contributed by atoms with van der Waals surface area (Å²) < 4.78 is 7.61. The highest BCUT2D eigenvalue weighted by molar-refractivity contribution is 6.15. The molecule has 0 saturated carbocycles. The first-order valence-electron chi connectivity index (χ1n) is 9.11. The van der Waals surface area contributed by atoms with Crippen molar-refractivity contribution in [1.29, 1.82) is 0 Å². The average molecular weight is 391 g/mol. The van der Waals surface area contributed by atoms with Gasteiger partial charge in [0.15, 0.2) is 11.2 Å². The van der Waals surface area contributed by atoms with Gasteiger partial charge in [0.25, 0.3) is 5.56 Å². The summed E-state index contributed by atoms with van der Waals surface area (Å²) in [7, 11) is 0. The lowest BCUT2D eigenvalue weighted by molar-refractivity contribution is 0.464. The van der Waals surface area contributed by atoms with Crippen LogP contribution >= 0.6 is 0 Å². The largest absolute Gasteiger partial charge is 0.508 e. The second kappa shape index (κ2) is 5.78. The van der Waals surface area contributed by atoms with E-state index in [0.29, 0.717) is 38.6 Å². The zero-order valence-electron chi connectivity index (χ0n) is 15.6. The van der Waals surface area contributed by atoms with Crippen LogP contribution in [0.15, 0.2) is 50.4 Å². The zero-order valence-corrected chi connectivity index (χ0v) is 15.6. The van der Waals surface area contributed by atoms with Crippen LogP contribution in [0.5, 0.6) is 11.5 Å². The summed E-state index contributed by atoms with van der Waals surface area (Å²) in [6, 6.07) is 9.30. The Morgan fingerprint density at radius 1 is 1.07 bits per heavy atom. The van der Waals surface area contributed by atoms with Gasteiger partial charge in [-0.15, -0.1) is 0 Å². The molecule has 146 valence electrons. The summed E-state index contributed by atoms with van der Waals surface area (Å²) in [4.78, 5) is 28.0. The Labute approximate surface area is 162 Å². The summed E-state index contributed by atoms with van der Waals surface area (Å²) in [6.07, 6.45) is 0. The summed E-state index contributed by atoms with van der Waals surface area (Å²) >= 11 is 0. The van der Waals surface area contributed by atoms with E-state index in [9.17, 15) is 19.8 Å². The number of furan rings is 1. The van der Waals surface area contributed by atoms with Gasteiger partial charge < -0.3 is 19.6 Å². The summed E-state index contributed by atoms with van der Waals surface area (Å²) in [5.41, 5.74) is 1.61. The number of nitrogens with zero attached hydrogens (tertiary/aromatic N) is 1. The van der Waals surface area contributed by atoms with Crippen molar-refractivity contribution in [3.8, 4) is 22.6 Å². The summed E-state index contributed by atoms with van der Waals surface area (Å²) in [5, 5.41) is 23.9. The van der Waals surface area contributed by atoms with Gasteiger partial charge in [-0.25, -0.2) is 0 Å². The van der Waals surface area contributed by atoms with E-state index in [1.807, 2.05) is 13.8 Å². The molecule has 0 radical (unpaired) electrons. The molecule has 0 spiro atoms. The van der Waals surface area contributed by atoms with Crippen LogP contribution in [-0.4, -0.2) is 25.0 Å². The maximum Gasteiger partial charge on any atom is 0.274 e. The number of pyridine rings is 1. The maximum atomic E-state index is 12.9. The number of fused-ring (bicyclic) bond motifs is 4. The standard InChI is InChI=1S/C21H17N3O5/c1-9(2)24-20-15(21(28)23-24)14(10-4-3-5-11(25)8-10)19-16(22-20)12-6-7-13(26)17(27)18(12)29-19/h3-9,22,25,27H,1-2H3,(H,23,28). The predicted octanol–water partition coefficient (Wildman–Crippen LogP) is 3.58. The van der Waals surface area contributed by atoms with E-state index in [1.165, 1.54) is 18.2 Å². The summed E-state index contributed by atoms with van der Waals surface area (Å²) in [6.45, 7) is 3.87. The molecule has 0 unspecified atom stereocenters. The van der Waals surface area contributed by atoms with E-state index >= 15 is 0 Å². The third-order valence-corrected chi connectivity index (χ3v) is 5.09. The number of hydrogen-bond donors (Lipinski definition) is 4. The number of hydrogen-bond acceptors (Lipinski definition) is 5. The smallest absolute Gasteiger partial charge is 0.274 e. The lowest BCUT2D eigenvalue weighted by Gasteiger charge is -2.10. The van der Waals surface area contributed by atoms with Crippen LogP contribution in [0.2, 0.25) is 0 Å². The normalized spacial score (nSPS) is 12.0. The molecule has 0 saturated heterocycles. The molecule has 0 aliphatic rings. The number of H-pyrrole nitrogens is 2. The molecule has 0 bridgehead atoms. The van der Waals surface area contributed by atoms with Crippen molar-refractivity contribution < 1.29 is 14.6 Å². The Kier molecular flexibility index (Phi) is 3.42. The Balaban J connectivity index is 2.09. The average Bonchev–Trinajstić information content (AvgIpc) is 3.22. The molecule has 5 aromatic rings. The van der Waals surface area contributed by atoms with Gasteiger partial charge in [0.2, 0.25) is 11.2 Å². The molecular weight excluding hydrogens is 374 g/mol. The zero-order chi connectivity index (χ0) is 20.4. The number of phenols is 2. The highest BCUT2D eigenvalue weighted by atomic mass is 16.4. The third kappa shape index (κ3) is 2.32. The number of aromatic nitrogens is 3. The molecule has 5 rings (SSSR count). The van der Waals surface area contributed by atoms with Crippen molar-refractivity contribution in [3.05, 3.63) is 57.0 Å². The van der Waals surface area contributed by atoms with Crippen molar-refractivity contribution in [1.82, 2.24) is 14.8 Å². The molecular formula is C21H17N3O5. The van der Waals surface area contributed by atoms with Crippen LogP contribution < -0.4 is 11.0 Å². The number of rotatable bonds is 2. The molecule has 2 aromatic carbocycles. The fraction of sp³-hybridized carbons (Fsp3) is 0.143. The number of aromatic amines is 2. The lowest BCUT2D eigenvalue weighted by Crippen LogP contribution is -2.07. The first kappa shape index (κ1) is 17.2. The second-order valence-electron chi connectivity index (χ2n) is 7.27. The van der Waals surface area contributed by atoms with Gasteiger partial charge in [0, 0.05) is 17.0 Å². The molecule has 29 heavy (non-hydrogen) atoms. The third-order valence-electron chi connectivity index (χ3n) is 5.09. The molecule has 0 aliphatic carbocycles. The Morgan fingerprint density at radius 2 is 1.86 bits per heavy atom. The molecule has 3 aromatic heterocycles. The van der Waals surface area contributed by atoms with Crippen LogP contribution in [-0.2, 0) is 0 Å². The van der Waals surface area contributed by atoms with Gasteiger partial charge in [-0.1, -0.05) is 12.1 Å². The predicted molar refractivity (Wildman–Crippen MR) is 110 cm³/mol. The van der Waals surface area contributed by atoms with Crippen molar-refractivity contribution in [2.24, 2.45) is 0 Å². The highest BCUT2D eigenvalue weighted by Crippen LogP contribution is 2.40. The fourth-order valence-electron chi connectivity index (χ4n) is 3.79. The Hall–Kier alpha value is -3.94. The van der Waals surface area contributed by atoms with Crippen LogP contribution in [0.3, 0.4) is 0 Å². The molecule has 0 fully saturated rings. The minimum Gasteiger partial charge on any atom is -0.508 e. The topological polar surface area (TPSA) is 124 Å². The highest BCUT2D eigenvalue weighted by Gasteiger charge is 2.24. The van der Waals surface area contributed by atoms with Gasteiger partial charge >= 0.3 is 0 Å². The minimum atomic E-state index is -0.551. The minimum absolute atomic E-state index is 0.0364. The number of aromatic hydroxyl groups is 2. The fourth-order valence-corrected chi connectivity index (χ4v) is 3.79. The molecule has 0 atom stereocenters. The van der Waals surface area contributed by atoms with E-state index in [2.05, 4.69) is 10.1 Å². The van der Waals surface area contributed by atoms with E-state index < -0.39 is 11.2 Å². The van der Waals surface area contributed by atoms with E-state index in [-0.39, 0.29) is 22.9 Å². The molecule has 3 heterocycles. The lowest BCUT2D eigenvalue weighted by atomic mass is 10.0. The van der Waals surface area contributed by atoms with Crippen molar-refractivity contribution in [3.63, 3.8) is 0 Å². The van der Waals surface area contributed by atoms with E-state index in [4.69, 9.17) is 4.42 Å². The number of nitrogens with one attached hydrogen (secondary N) is 2. The van der Waals surface area contributed by atoms with Gasteiger partial charge in [-0.05, 0) is 43.7 Å². The van der Waals surface area contributed by atoms with Gasteiger partial charge in [0.1, 0.15) is 11.4 Å². The SMILES string of the molecule is CC(C)n1[nH]c(=O)c2c(-c3cccc(O)c3)c3oc4c(O)c(=O)ccc4c3[nH]c21. The first-order valence-corrected chi connectivity index (χ1v) is 9.11. The Bertz CT molecular complexity index is 1550. The molecule has 8 heteroatoms. The van der Waals surface area contributed by atoms with E-state index in [0.717, 1.165) is 0 Å². The van der Waals surface area contributed by atoms with Gasteiger partial charge in [-0.3, -0.25) is 19.4 Å². The first-order chi connectivity index (χ1) is 13.9. The van der Waals surface area contributed by atoms with Crippen molar-refractivity contribution in [2.45, 2.75) is 19.9 Å².